The van der Waals surface area contributed by atoms with Gasteiger partial charge in [-0.15, -0.1) is 0 Å². The third kappa shape index (κ3) is 4.52. The fourth-order valence-electron chi connectivity index (χ4n) is 2.91. The summed E-state index contributed by atoms with van der Waals surface area (Å²) >= 11 is 0. The summed E-state index contributed by atoms with van der Waals surface area (Å²) < 4.78 is 7.91. The van der Waals surface area contributed by atoms with Gasteiger partial charge < -0.3 is 20.4 Å². The summed E-state index contributed by atoms with van der Waals surface area (Å²) in [5, 5.41) is 2.85. The van der Waals surface area contributed by atoms with Gasteiger partial charge in [-0.1, -0.05) is 20.8 Å². The minimum atomic E-state index is -0.00537. The number of hydrogen-bond donors (Lipinski definition) is 2. The van der Waals surface area contributed by atoms with Crippen molar-refractivity contribution in [2.24, 2.45) is 5.92 Å². The number of nitrogens with one attached hydrogen (secondary N) is 1. The normalized spacial score (nSPS) is 11.5. The average molecular weight is 361 g/mol. The second-order valence-corrected chi connectivity index (χ2v) is 6.89. The first-order valence-electron chi connectivity index (χ1n) is 9.34. The van der Waals surface area contributed by atoms with Gasteiger partial charge in [0, 0.05) is 31.1 Å². The van der Waals surface area contributed by atoms with Crippen molar-refractivity contribution >= 4 is 22.8 Å². The molecule has 2 heterocycles. The van der Waals surface area contributed by atoms with Crippen LogP contribution in [0.1, 0.15) is 44.3 Å². The van der Waals surface area contributed by atoms with Crippen LogP contribution in [0.5, 0.6) is 0 Å². The molecule has 0 aliphatic carbocycles. The van der Waals surface area contributed by atoms with Gasteiger partial charge in [-0.3, -0.25) is 4.79 Å². The number of nitrogens with zero attached hydrogens (tertiary/aromatic N) is 3. The predicted molar refractivity (Wildman–Crippen MR) is 104 cm³/mol. The summed E-state index contributed by atoms with van der Waals surface area (Å²) in [6.07, 6.45) is 1.90. The van der Waals surface area contributed by atoms with Gasteiger partial charge in [-0.2, -0.15) is 0 Å². The van der Waals surface area contributed by atoms with E-state index in [1.54, 1.807) is 0 Å². The Morgan fingerprint density at radius 1 is 1.27 bits per heavy atom. The number of carbonyl (C=O) groups excluding carboxylic acids is 1. The summed E-state index contributed by atoms with van der Waals surface area (Å²) in [4.78, 5) is 20.7. The van der Waals surface area contributed by atoms with E-state index in [4.69, 9.17) is 15.5 Å². The second-order valence-electron chi connectivity index (χ2n) is 6.89. The van der Waals surface area contributed by atoms with Crippen molar-refractivity contribution in [3.05, 3.63) is 17.1 Å². The lowest BCUT2D eigenvalue weighted by molar-refractivity contribution is -0.124. The summed E-state index contributed by atoms with van der Waals surface area (Å²) in [6, 6.07) is 0. The zero-order chi connectivity index (χ0) is 19.3. The number of imidazole rings is 1. The molecule has 7 nitrogen and oxygen atoms in total. The molecule has 7 heteroatoms. The molecule has 0 unspecified atom stereocenters. The van der Waals surface area contributed by atoms with Crippen LogP contribution < -0.4 is 11.1 Å². The Balaban J connectivity index is 2.06. The third-order valence-electron chi connectivity index (χ3n) is 4.48. The van der Waals surface area contributed by atoms with Gasteiger partial charge in [-0.05, 0) is 25.8 Å². The van der Waals surface area contributed by atoms with E-state index in [9.17, 15) is 4.79 Å². The maximum Gasteiger partial charge on any atom is 0.222 e. The molecule has 2 aromatic rings. The van der Waals surface area contributed by atoms with E-state index in [0.29, 0.717) is 32.1 Å². The maximum absolute atomic E-state index is 11.5. The number of rotatable bonds is 9. The van der Waals surface area contributed by atoms with Gasteiger partial charge in [0.15, 0.2) is 5.82 Å². The Kier molecular flexibility index (Phi) is 6.97. The third-order valence-corrected chi connectivity index (χ3v) is 4.48. The van der Waals surface area contributed by atoms with Crippen LogP contribution in [0, 0.1) is 19.8 Å². The van der Waals surface area contributed by atoms with Crippen LogP contribution in [0.2, 0.25) is 0 Å². The van der Waals surface area contributed by atoms with Crippen molar-refractivity contribution in [3.8, 4) is 0 Å². The van der Waals surface area contributed by atoms with Gasteiger partial charge in [0.2, 0.25) is 5.91 Å². The molecule has 1 amide bonds. The standard InChI is InChI=1S/C19H31N5O2/c1-6-7-15-23-16-17(13(4)14(5)22-18(16)20)24(15)9-11-26-10-8-21-19(25)12(2)3/h12H,6-11H2,1-5H3,(H2,20,22)(H,21,25). The fraction of sp³-hybridized carbons (Fsp3) is 0.632. The number of anilines is 1. The smallest absolute Gasteiger partial charge is 0.222 e. The molecule has 0 spiro atoms. The average Bonchev–Trinajstić information content (AvgIpc) is 2.95. The summed E-state index contributed by atoms with van der Waals surface area (Å²) in [5.41, 5.74) is 9.95. The van der Waals surface area contributed by atoms with Crippen LogP contribution >= 0.6 is 0 Å². The minimum absolute atomic E-state index is 0.00537. The van der Waals surface area contributed by atoms with E-state index in [2.05, 4.69) is 28.7 Å². The molecule has 3 N–H and O–H groups in total. The van der Waals surface area contributed by atoms with Crippen molar-refractivity contribution in [1.29, 1.82) is 0 Å². The molecule has 144 valence electrons. The number of nitrogens with two attached hydrogens (primary N) is 1. The molecule has 0 saturated heterocycles. The quantitative estimate of drug-likeness (QED) is 0.669. The molecule has 2 aromatic heterocycles. The number of hydrogen-bond acceptors (Lipinski definition) is 5. The highest BCUT2D eigenvalue weighted by molar-refractivity contribution is 5.88. The topological polar surface area (TPSA) is 95.1 Å². The first-order valence-corrected chi connectivity index (χ1v) is 9.34. The van der Waals surface area contributed by atoms with Crippen LogP contribution in [0.15, 0.2) is 0 Å². The number of nitrogen functional groups attached to an aromatic ring is 1. The van der Waals surface area contributed by atoms with E-state index < -0.39 is 0 Å². The van der Waals surface area contributed by atoms with Crippen molar-refractivity contribution < 1.29 is 9.53 Å². The van der Waals surface area contributed by atoms with Gasteiger partial charge in [0.25, 0.3) is 0 Å². The molecule has 0 saturated carbocycles. The molecular formula is C19H31N5O2. The molecule has 0 fully saturated rings. The Morgan fingerprint density at radius 3 is 2.65 bits per heavy atom. The van der Waals surface area contributed by atoms with E-state index in [1.165, 1.54) is 0 Å². The number of carbonyl (C=O) groups is 1. The maximum atomic E-state index is 11.5. The minimum Gasteiger partial charge on any atom is -0.382 e. The molecular weight excluding hydrogens is 330 g/mol. The Labute approximate surface area is 155 Å². The highest BCUT2D eigenvalue weighted by Crippen LogP contribution is 2.26. The van der Waals surface area contributed by atoms with Crippen LogP contribution in [0.3, 0.4) is 0 Å². The van der Waals surface area contributed by atoms with Crippen molar-refractivity contribution in [1.82, 2.24) is 19.9 Å². The molecule has 26 heavy (non-hydrogen) atoms. The lowest BCUT2D eigenvalue weighted by Gasteiger charge is -2.12. The molecule has 0 radical (unpaired) electrons. The van der Waals surface area contributed by atoms with Crippen molar-refractivity contribution in [2.45, 2.75) is 54.0 Å². The lowest BCUT2D eigenvalue weighted by atomic mass is 10.2. The van der Waals surface area contributed by atoms with Gasteiger partial charge in [0.1, 0.15) is 11.3 Å². The number of pyridine rings is 1. The van der Waals surface area contributed by atoms with Crippen LogP contribution in [-0.4, -0.2) is 40.2 Å². The fourth-order valence-corrected chi connectivity index (χ4v) is 2.91. The molecule has 0 aliphatic heterocycles. The highest BCUT2D eigenvalue weighted by atomic mass is 16.5. The zero-order valence-corrected chi connectivity index (χ0v) is 16.6. The van der Waals surface area contributed by atoms with Crippen molar-refractivity contribution in [2.75, 3.05) is 25.5 Å². The molecule has 0 bridgehead atoms. The van der Waals surface area contributed by atoms with Gasteiger partial charge >= 0.3 is 0 Å². The second kappa shape index (κ2) is 8.98. The van der Waals surface area contributed by atoms with Gasteiger partial charge in [0.05, 0.1) is 18.7 Å². The largest absolute Gasteiger partial charge is 0.382 e. The van der Waals surface area contributed by atoms with E-state index in [1.807, 2.05) is 20.8 Å². The monoisotopic (exact) mass is 361 g/mol. The van der Waals surface area contributed by atoms with E-state index >= 15 is 0 Å². The van der Waals surface area contributed by atoms with Crippen LogP contribution in [-0.2, 0) is 22.5 Å². The highest BCUT2D eigenvalue weighted by Gasteiger charge is 2.17. The van der Waals surface area contributed by atoms with E-state index in [0.717, 1.165) is 41.0 Å². The van der Waals surface area contributed by atoms with Crippen molar-refractivity contribution in [3.63, 3.8) is 0 Å². The number of ether oxygens (including phenoxy) is 1. The Hall–Kier alpha value is -2.15. The van der Waals surface area contributed by atoms with E-state index in [-0.39, 0.29) is 11.8 Å². The molecule has 0 aliphatic rings. The number of amides is 1. The van der Waals surface area contributed by atoms with Crippen LogP contribution in [0.4, 0.5) is 5.82 Å². The Morgan fingerprint density at radius 2 is 2.00 bits per heavy atom. The summed E-state index contributed by atoms with van der Waals surface area (Å²) in [6.45, 7) is 12.2. The molecule has 0 aromatic carbocycles. The SMILES string of the molecule is CCCc1nc2c(N)nc(C)c(C)c2n1CCOCCNC(=O)C(C)C. The van der Waals surface area contributed by atoms with Crippen LogP contribution in [0.25, 0.3) is 11.0 Å². The molecule has 2 rings (SSSR count). The zero-order valence-electron chi connectivity index (χ0n) is 16.6. The number of fused-ring (bicyclic) bond motifs is 1. The number of aryl methyl sites for hydroxylation is 3. The van der Waals surface area contributed by atoms with Gasteiger partial charge in [-0.25, -0.2) is 9.97 Å². The molecule has 0 atom stereocenters. The first kappa shape index (κ1) is 20.2. The Bertz CT molecular complexity index is 767. The first-order chi connectivity index (χ1) is 12.4. The lowest BCUT2D eigenvalue weighted by Crippen LogP contribution is -2.31. The summed E-state index contributed by atoms with van der Waals surface area (Å²) in [7, 11) is 0. The summed E-state index contributed by atoms with van der Waals surface area (Å²) in [5.74, 6) is 1.54. The predicted octanol–water partition coefficient (Wildman–Crippen LogP) is 2.37. The number of aromatic nitrogens is 3.